The summed E-state index contributed by atoms with van der Waals surface area (Å²) in [7, 11) is 3.58. The van der Waals surface area contributed by atoms with Crippen LogP contribution in [0.2, 0.25) is 0 Å². The molecule has 3 aromatic rings. The van der Waals surface area contributed by atoms with Crippen LogP contribution >= 0.6 is 12.4 Å². The zero-order valence-electron chi connectivity index (χ0n) is 21.8. The van der Waals surface area contributed by atoms with Gasteiger partial charge in [-0.1, -0.05) is 13.0 Å². The first-order valence-corrected chi connectivity index (χ1v) is 12.2. The zero-order chi connectivity index (χ0) is 25.8. The van der Waals surface area contributed by atoms with Crippen LogP contribution in [-0.2, 0) is 29.7 Å². The Morgan fingerprint density at radius 1 is 1.11 bits per heavy atom. The van der Waals surface area contributed by atoms with Crippen LogP contribution in [0.5, 0.6) is 0 Å². The molecule has 2 amide bonds. The number of carbonyl (C=O) groups is 2. The van der Waals surface area contributed by atoms with E-state index >= 15 is 0 Å². The van der Waals surface area contributed by atoms with Crippen LogP contribution in [0.3, 0.4) is 0 Å². The third kappa shape index (κ3) is 6.76. The molecule has 4 rings (SSSR count). The van der Waals surface area contributed by atoms with Gasteiger partial charge in [-0.05, 0) is 54.4 Å². The first-order valence-electron chi connectivity index (χ1n) is 12.2. The number of hydrogen-bond donors (Lipinski definition) is 2. The average molecular weight is 532 g/mol. The Morgan fingerprint density at radius 2 is 1.86 bits per heavy atom. The summed E-state index contributed by atoms with van der Waals surface area (Å²) in [6.07, 6.45) is 1.92. The van der Waals surface area contributed by atoms with Gasteiger partial charge in [-0.15, -0.1) is 12.4 Å². The fourth-order valence-corrected chi connectivity index (χ4v) is 4.53. The SMILES string of the molecule is CCNCCNC(=O)CN(CC(=O)N(C)N1Cc2ccc(F)cc2C1)c1cc2cn(C)nc2cc1C.Cl. The minimum atomic E-state index is -0.280. The molecule has 2 aromatic carbocycles. The predicted molar refractivity (Wildman–Crippen MR) is 145 cm³/mol. The molecule has 0 aliphatic carbocycles. The second-order valence-corrected chi connectivity index (χ2v) is 9.21. The molecular weight excluding hydrogens is 497 g/mol. The molecule has 37 heavy (non-hydrogen) atoms. The van der Waals surface area contributed by atoms with E-state index < -0.39 is 0 Å². The molecule has 0 atom stereocenters. The van der Waals surface area contributed by atoms with Crippen molar-refractivity contribution in [1.29, 1.82) is 0 Å². The minimum absolute atomic E-state index is 0. The Hall–Kier alpha value is -3.21. The molecule has 1 aliphatic rings. The Balaban J connectivity index is 0.00000380. The second kappa shape index (κ2) is 12.4. The third-order valence-electron chi connectivity index (χ3n) is 6.47. The lowest BCUT2D eigenvalue weighted by Crippen LogP contribution is -2.48. The highest BCUT2D eigenvalue weighted by Crippen LogP contribution is 2.27. The number of aromatic nitrogens is 2. The van der Waals surface area contributed by atoms with Crippen molar-refractivity contribution >= 4 is 40.8 Å². The highest BCUT2D eigenvalue weighted by molar-refractivity contribution is 5.90. The van der Waals surface area contributed by atoms with Gasteiger partial charge in [0, 0.05) is 57.5 Å². The van der Waals surface area contributed by atoms with Crippen molar-refractivity contribution in [3.63, 3.8) is 0 Å². The quantitative estimate of drug-likeness (QED) is 0.391. The Labute approximate surface area is 223 Å². The first kappa shape index (κ1) is 28.4. The normalized spacial score (nSPS) is 12.8. The summed E-state index contributed by atoms with van der Waals surface area (Å²) in [5.74, 6) is -0.593. The van der Waals surface area contributed by atoms with Crippen LogP contribution in [0, 0.1) is 12.7 Å². The topological polar surface area (TPSA) is 85.7 Å². The summed E-state index contributed by atoms with van der Waals surface area (Å²) in [6.45, 7) is 7.05. The van der Waals surface area contributed by atoms with E-state index in [0.29, 0.717) is 26.2 Å². The second-order valence-electron chi connectivity index (χ2n) is 9.21. The van der Waals surface area contributed by atoms with Crippen LogP contribution in [0.1, 0.15) is 23.6 Å². The molecule has 2 N–H and O–H groups in total. The van der Waals surface area contributed by atoms with Crippen LogP contribution < -0.4 is 15.5 Å². The number of hydrogen-bond acceptors (Lipinski definition) is 6. The first-order chi connectivity index (χ1) is 17.2. The van der Waals surface area contributed by atoms with Crippen molar-refractivity contribution in [3.05, 3.63) is 59.0 Å². The zero-order valence-corrected chi connectivity index (χ0v) is 22.6. The number of aryl methyl sites for hydroxylation is 2. The van der Waals surface area contributed by atoms with Crippen molar-refractivity contribution in [2.24, 2.45) is 7.05 Å². The third-order valence-corrected chi connectivity index (χ3v) is 6.47. The summed E-state index contributed by atoms with van der Waals surface area (Å²) >= 11 is 0. The van der Waals surface area contributed by atoms with E-state index in [0.717, 1.165) is 39.8 Å². The van der Waals surface area contributed by atoms with Crippen molar-refractivity contribution in [3.8, 4) is 0 Å². The molecule has 0 spiro atoms. The number of benzene rings is 2. The molecule has 1 aromatic heterocycles. The maximum Gasteiger partial charge on any atom is 0.256 e. The number of likely N-dealkylation sites (N-methyl/N-ethyl adjacent to an activating group) is 2. The smallest absolute Gasteiger partial charge is 0.256 e. The van der Waals surface area contributed by atoms with Gasteiger partial charge >= 0.3 is 0 Å². The Kier molecular flexibility index (Phi) is 9.47. The molecule has 1 aliphatic heterocycles. The summed E-state index contributed by atoms with van der Waals surface area (Å²) in [4.78, 5) is 28.0. The Bertz CT molecular complexity index is 1270. The number of amides is 2. The van der Waals surface area contributed by atoms with Gasteiger partial charge in [0.2, 0.25) is 5.91 Å². The molecule has 200 valence electrons. The number of halogens is 2. The van der Waals surface area contributed by atoms with E-state index in [1.165, 1.54) is 12.1 Å². The summed E-state index contributed by atoms with van der Waals surface area (Å²) in [6, 6.07) is 8.67. The number of nitrogens with zero attached hydrogens (tertiary/aromatic N) is 5. The number of hydrazine groups is 1. The molecule has 11 heteroatoms. The van der Waals surface area contributed by atoms with Crippen LogP contribution in [0.4, 0.5) is 10.1 Å². The summed E-state index contributed by atoms with van der Waals surface area (Å²) < 4.78 is 15.4. The van der Waals surface area contributed by atoms with Crippen molar-refractivity contribution < 1.29 is 14.0 Å². The van der Waals surface area contributed by atoms with E-state index in [9.17, 15) is 14.0 Å². The molecular formula is C26H35ClFN7O2. The largest absolute Gasteiger partial charge is 0.353 e. The fourth-order valence-electron chi connectivity index (χ4n) is 4.53. The lowest BCUT2D eigenvalue weighted by atomic mass is 10.1. The molecule has 0 saturated carbocycles. The molecule has 0 fully saturated rings. The predicted octanol–water partition coefficient (Wildman–Crippen LogP) is 2.36. The van der Waals surface area contributed by atoms with Gasteiger partial charge in [0.05, 0.1) is 18.6 Å². The molecule has 0 unspecified atom stereocenters. The maximum absolute atomic E-state index is 13.7. The monoisotopic (exact) mass is 531 g/mol. The van der Waals surface area contributed by atoms with Gasteiger partial charge in [0.25, 0.3) is 5.91 Å². The van der Waals surface area contributed by atoms with Crippen LogP contribution in [0.15, 0.2) is 36.5 Å². The molecule has 2 heterocycles. The highest BCUT2D eigenvalue weighted by atomic mass is 35.5. The van der Waals surface area contributed by atoms with E-state index in [2.05, 4.69) is 15.7 Å². The van der Waals surface area contributed by atoms with E-state index in [1.54, 1.807) is 22.8 Å². The van der Waals surface area contributed by atoms with E-state index in [4.69, 9.17) is 0 Å². The van der Waals surface area contributed by atoms with Gasteiger partial charge in [0.15, 0.2) is 0 Å². The standard InChI is InChI=1S/C26H34FN7O2.ClH/c1-5-28-8-9-29-25(35)16-33(24-12-21-13-31(3)30-23(21)10-18(24)2)17-26(36)32(4)34-14-19-6-7-22(27)11-20(19)15-34;/h6-7,10-13,28H,5,8-9,14-17H2,1-4H3,(H,29,35);1H. The van der Waals surface area contributed by atoms with Gasteiger partial charge < -0.3 is 15.5 Å². The molecule has 0 bridgehead atoms. The number of carbonyl (C=O) groups excluding carboxylic acids is 2. The molecule has 0 saturated heterocycles. The van der Waals surface area contributed by atoms with E-state index in [-0.39, 0.29) is 43.1 Å². The highest BCUT2D eigenvalue weighted by Gasteiger charge is 2.27. The minimum Gasteiger partial charge on any atom is -0.353 e. The average Bonchev–Trinajstić information content (AvgIpc) is 3.41. The number of nitrogens with one attached hydrogen (secondary N) is 2. The van der Waals surface area contributed by atoms with Gasteiger partial charge in [0.1, 0.15) is 5.82 Å². The summed E-state index contributed by atoms with van der Waals surface area (Å²) in [5, 5.41) is 15.0. The van der Waals surface area contributed by atoms with Crippen molar-refractivity contribution in [2.45, 2.75) is 26.9 Å². The Morgan fingerprint density at radius 3 is 2.62 bits per heavy atom. The number of anilines is 1. The maximum atomic E-state index is 13.7. The van der Waals surface area contributed by atoms with Gasteiger partial charge in [-0.3, -0.25) is 19.3 Å². The molecule has 0 radical (unpaired) electrons. The number of fused-ring (bicyclic) bond motifs is 2. The van der Waals surface area contributed by atoms with Crippen molar-refractivity contribution in [1.82, 2.24) is 30.4 Å². The van der Waals surface area contributed by atoms with Gasteiger partial charge in [-0.25, -0.2) is 9.40 Å². The lowest BCUT2D eigenvalue weighted by Gasteiger charge is -2.32. The van der Waals surface area contributed by atoms with Crippen molar-refractivity contribution in [2.75, 3.05) is 44.7 Å². The van der Waals surface area contributed by atoms with Gasteiger partial charge in [-0.2, -0.15) is 5.10 Å². The summed E-state index contributed by atoms with van der Waals surface area (Å²) in [5.41, 5.74) is 4.49. The molecule has 9 nitrogen and oxygen atoms in total. The van der Waals surface area contributed by atoms with E-state index in [1.807, 2.05) is 49.1 Å². The van der Waals surface area contributed by atoms with Crippen LogP contribution in [-0.4, -0.2) is 71.4 Å². The van der Waals surface area contributed by atoms with Crippen LogP contribution in [0.25, 0.3) is 10.9 Å². The lowest BCUT2D eigenvalue weighted by molar-refractivity contribution is -0.145. The number of rotatable bonds is 10. The fraction of sp³-hybridized carbons (Fsp3) is 0.423.